The smallest absolute Gasteiger partial charge is 0.222 e. The lowest BCUT2D eigenvalue weighted by atomic mass is 10.0. The van der Waals surface area contributed by atoms with E-state index in [9.17, 15) is 9.59 Å². The lowest BCUT2D eigenvalue weighted by Gasteiger charge is -2.35. The van der Waals surface area contributed by atoms with Gasteiger partial charge in [0.05, 0.1) is 12.5 Å². The summed E-state index contributed by atoms with van der Waals surface area (Å²) in [5.74, 6) is -0.226. The molecule has 0 aliphatic carbocycles. The third-order valence-electron chi connectivity index (χ3n) is 5.56. The number of rotatable bonds is 7. The van der Waals surface area contributed by atoms with Gasteiger partial charge in [-0.15, -0.1) is 0 Å². The molecule has 0 spiro atoms. The summed E-state index contributed by atoms with van der Waals surface area (Å²) in [4.78, 5) is 29.1. The van der Waals surface area contributed by atoms with Crippen molar-refractivity contribution in [1.29, 1.82) is 0 Å². The van der Waals surface area contributed by atoms with Crippen LogP contribution in [0.15, 0.2) is 48.5 Å². The minimum absolute atomic E-state index is 0.0810. The van der Waals surface area contributed by atoms with Gasteiger partial charge < -0.3 is 20.4 Å². The third-order valence-corrected chi connectivity index (χ3v) is 5.56. The van der Waals surface area contributed by atoms with Crippen molar-refractivity contribution in [3.8, 4) is 0 Å². The van der Waals surface area contributed by atoms with Crippen molar-refractivity contribution in [2.75, 3.05) is 38.1 Å². The number of hydrogen-bond donors (Lipinski definition) is 2. The fourth-order valence-corrected chi connectivity index (χ4v) is 3.76. The van der Waals surface area contributed by atoms with Gasteiger partial charge in [-0.3, -0.25) is 9.59 Å². The zero-order chi connectivity index (χ0) is 21.5. The Morgan fingerprint density at radius 1 is 1.00 bits per heavy atom. The number of amides is 2. The van der Waals surface area contributed by atoms with E-state index in [0.29, 0.717) is 6.54 Å². The number of carbonyl (C=O) groups is 2. The summed E-state index contributed by atoms with van der Waals surface area (Å²) in [7, 11) is 2.14. The normalized spacial score (nSPS) is 15.5. The maximum Gasteiger partial charge on any atom is 0.222 e. The summed E-state index contributed by atoms with van der Waals surface area (Å²) in [5, 5.41) is 5.94. The summed E-state index contributed by atoms with van der Waals surface area (Å²) in [6.07, 6.45) is 0.208. The molecule has 6 heteroatoms. The number of benzene rings is 2. The molecule has 1 fully saturated rings. The van der Waals surface area contributed by atoms with Crippen LogP contribution in [0.3, 0.4) is 0 Å². The van der Waals surface area contributed by atoms with Gasteiger partial charge in [-0.1, -0.05) is 48.0 Å². The van der Waals surface area contributed by atoms with E-state index < -0.39 is 0 Å². The van der Waals surface area contributed by atoms with Crippen LogP contribution in [-0.4, -0.2) is 49.9 Å². The molecule has 0 saturated carbocycles. The molecule has 1 aliphatic rings. The molecule has 30 heavy (non-hydrogen) atoms. The highest BCUT2D eigenvalue weighted by Crippen LogP contribution is 2.22. The summed E-state index contributed by atoms with van der Waals surface area (Å²) in [6.45, 7) is 8.01. The Morgan fingerprint density at radius 2 is 1.67 bits per heavy atom. The van der Waals surface area contributed by atoms with Crippen LogP contribution in [0.5, 0.6) is 0 Å². The predicted molar refractivity (Wildman–Crippen MR) is 120 cm³/mol. The summed E-state index contributed by atoms with van der Waals surface area (Å²) in [5.41, 5.74) is 4.37. The van der Waals surface area contributed by atoms with Gasteiger partial charge in [-0.2, -0.15) is 0 Å². The van der Waals surface area contributed by atoms with Crippen molar-refractivity contribution in [2.45, 2.75) is 32.9 Å². The van der Waals surface area contributed by atoms with E-state index in [4.69, 9.17) is 0 Å². The summed E-state index contributed by atoms with van der Waals surface area (Å²) < 4.78 is 0. The fraction of sp³-hybridized carbons (Fsp3) is 0.417. The molecule has 3 rings (SSSR count). The minimum Gasteiger partial charge on any atom is -0.369 e. The lowest BCUT2D eigenvalue weighted by Crippen LogP contribution is -2.45. The van der Waals surface area contributed by atoms with Crippen LogP contribution in [0, 0.1) is 6.92 Å². The number of nitrogens with zero attached hydrogens (tertiary/aromatic N) is 2. The van der Waals surface area contributed by atoms with E-state index in [-0.39, 0.29) is 24.3 Å². The van der Waals surface area contributed by atoms with Crippen LogP contribution in [0.25, 0.3) is 0 Å². The molecular weight excluding hydrogens is 376 g/mol. The fourth-order valence-electron chi connectivity index (χ4n) is 3.76. The van der Waals surface area contributed by atoms with Crippen LogP contribution in [0.1, 0.15) is 36.1 Å². The molecule has 0 radical (unpaired) electrons. The third kappa shape index (κ3) is 6.07. The van der Waals surface area contributed by atoms with Gasteiger partial charge in [0.25, 0.3) is 0 Å². The van der Waals surface area contributed by atoms with Gasteiger partial charge in [0, 0.05) is 45.3 Å². The Labute approximate surface area is 179 Å². The van der Waals surface area contributed by atoms with E-state index in [1.165, 1.54) is 12.6 Å². The van der Waals surface area contributed by atoms with E-state index in [2.05, 4.69) is 39.6 Å². The number of anilines is 1. The number of hydrogen-bond acceptors (Lipinski definition) is 4. The van der Waals surface area contributed by atoms with E-state index in [0.717, 1.165) is 42.9 Å². The molecule has 1 saturated heterocycles. The molecular formula is C24H32N4O2. The van der Waals surface area contributed by atoms with Crippen molar-refractivity contribution < 1.29 is 9.59 Å². The molecule has 160 valence electrons. The largest absolute Gasteiger partial charge is 0.369 e. The number of carbonyl (C=O) groups excluding carboxylic acids is 2. The van der Waals surface area contributed by atoms with Gasteiger partial charge in [0.2, 0.25) is 11.8 Å². The maximum atomic E-state index is 12.7. The first-order chi connectivity index (χ1) is 14.4. The van der Waals surface area contributed by atoms with Crippen molar-refractivity contribution >= 4 is 17.5 Å². The van der Waals surface area contributed by atoms with Gasteiger partial charge in [-0.25, -0.2) is 0 Å². The van der Waals surface area contributed by atoms with Crippen molar-refractivity contribution in [2.24, 2.45) is 0 Å². The van der Waals surface area contributed by atoms with E-state index in [1.807, 2.05) is 43.3 Å². The highest BCUT2D eigenvalue weighted by molar-refractivity contribution is 5.79. The Morgan fingerprint density at radius 3 is 2.33 bits per heavy atom. The van der Waals surface area contributed by atoms with Crippen LogP contribution in [-0.2, 0) is 16.1 Å². The average molecular weight is 409 g/mol. The van der Waals surface area contributed by atoms with Crippen molar-refractivity contribution in [1.82, 2.24) is 15.5 Å². The van der Waals surface area contributed by atoms with Gasteiger partial charge in [0.15, 0.2) is 0 Å². The topological polar surface area (TPSA) is 64.7 Å². The summed E-state index contributed by atoms with van der Waals surface area (Å²) in [6, 6.07) is 15.8. The second kappa shape index (κ2) is 10.3. The van der Waals surface area contributed by atoms with Crippen LogP contribution >= 0.6 is 0 Å². The Bertz CT molecular complexity index is 858. The molecule has 2 N–H and O–H groups in total. The standard InChI is InChI=1S/C24H32N4O2/c1-18-8-10-20(11-9-18)22(26-19(2)29)16-24(30)25-17-21-6-4-5-7-23(21)28-14-12-27(3)13-15-28/h4-11,22H,12-17H2,1-3H3,(H,25,30)(H,26,29). The first-order valence-corrected chi connectivity index (χ1v) is 10.5. The van der Waals surface area contributed by atoms with Crippen molar-refractivity contribution in [3.63, 3.8) is 0 Å². The number of nitrogens with one attached hydrogen (secondary N) is 2. The van der Waals surface area contributed by atoms with Crippen LogP contribution < -0.4 is 15.5 Å². The van der Waals surface area contributed by atoms with E-state index >= 15 is 0 Å². The van der Waals surface area contributed by atoms with E-state index in [1.54, 1.807) is 0 Å². The number of likely N-dealkylation sites (N-methyl/N-ethyl adjacent to an activating group) is 1. The van der Waals surface area contributed by atoms with Crippen LogP contribution in [0.4, 0.5) is 5.69 Å². The number of para-hydroxylation sites is 1. The second-order valence-corrected chi connectivity index (χ2v) is 8.06. The highest BCUT2D eigenvalue weighted by atomic mass is 16.2. The Kier molecular flexibility index (Phi) is 7.46. The first kappa shape index (κ1) is 21.8. The SMILES string of the molecule is CC(=O)NC(CC(=O)NCc1ccccc1N1CCN(C)CC1)c1ccc(C)cc1. The number of piperazine rings is 1. The second-order valence-electron chi connectivity index (χ2n) is 8.06. The minimum atomic E-state index is -0.337. The zero-order valence-corrected chi connectivity index (χ0v) is 18.1. The zero-order valence-electron chi connectivity index (χ0n) is 18.1. The van der Waals surface area contributed by atoms with Gasteiger partial charge in [0.1, 0.15) is 0 Å². The first-order valence-electron chi connectivity index (χ1n) is 10.5. The average Bonchev–Trinajstić information content (AvgIpc) is 2.73. The highest BCUT2D eigenvalue weighted by Gasteiger charge is 2.19. The maximum absolute atomic E-state index is 12.7. The molecule has 1 heterocycles. The number of aryl methyl sites for hydroxylation is 1. The van der Waals surface area contributed by atoms with Crippen molar-refractivity contribution in [3.05, 3.63) is 65.2 Å². The quantitative estimate of drug-likeness (QED) is 0.739. The molecule has 2 amide bonds. The summed E-state index contributed by atoms with van der Waals surface area (Å²) >= 11 is 0. The van der Waals surface area contributed by atoms with Crippen LogP contribution in [0.2, 0.25) is 0 Å². The molecule has 0 aromatic heterocycles. The molecule has 0 bridgehead atoms. The molecule has 6 nitrogen and oxygen atoms in total. The molecule has 2 aromatic carbocycles. The lowest BCUT2D eigenvalue weighted by molar-refractivity contribution is -0.122. The van der Waals surface area contributed by atoms with Gasteiger partial charge >= 0.3 is 0 Å². The van der Waals surface area contributed by atoms with Gasteiger partial charge in [-0.05, 0) is 31.2 Å². The molecule has 1 aliphatic heterocycles. The molecule has 1 atom stereocenters. The molecule has 2 aromatic rings. The molecule has 1 unspecified atom stereocenters. The predicted octanol–water partition coefficient (Wildman–Crippen LogP) is 2.63. The Hall–Kier alpha value is -2.86. The monoisotopic (exact) mass is 408 g/mol. The Balaban J connectivity index is 1.63.